The Morgan fingerprint density at radius 2 is 1.56 bits per heavy atom. The van der Waals surface area contributed by atoms with Crippen molar-refractivity contribution in [3.8, 4) is 0 Å². The molecule has 0 radical (unpaired) electrons. The van der Waals surface area contributed by atoms with Gasteiger partial charge in [0.05, 0.1) is 0 Å². The zero-order valence-electron chi connectivity index (χ0n) is 15.0. The van der Waals surface area contributed by atoms with Crippen LogP contribution < -0.4 is 5.32 Å². The van der Waals surface area contributed by atoms with E-state index in [1.165, 1.54) is 11.9 Å². The second-order valence-corrected chi connectivity index (χ2v) is 5.97. The number of hydrogen-bond acceptors (Lipinski definition) is 4. The number of nitrogens with one attached hydrogen (secondary N) is 1. The third-order valence-corrected chi connectivity index (χ3v) is 3.95. The van der Waals surface area contributed by atoms with E-state index in [-0.39, 0.29) is 13.0 Å². The zero-order chi connectivity index (χ0) is 19.6. The van der Waals surface area contributed by atoms with Gasteiger partial charge in [-0.1, -0.05) is 60.7 Å². The third kappa shape index (κ3) is 6.47. The van der Waals surface area contributed by atoms with E-state index in [4.69, 9.17) is 9.84 Å². The Bertz CT molecular complexity index is 764. The van der Waals surface area contributed by atoms with Crippen molar-refractivity contribution in [1.82, 2.24) is 10.2 Å². The summed E-state index contributed by atoms with van der Waals surface area (Å²) in [4.78, 5) is 36.8. The molecule has 0 aliphatic carbocycles. The van der Waals surface area contributed by atoms with E-state index in [9.17, 15) is 14.4 Å². The summed E-state index contributed by atoms with van der Waals surface area (Å²) < 4.78 is 5.27. The molecule has 142 valence electrons. The zero-order valence-corrected chi connectivity index (χ0v) is 15.0. The number of ether oxygens (including phenoxy) is 1. The van der Waals surface area contributed by atoms with Gasteiger partial charge in [0.15, 0.2) is 0 Å². The topological polar surface area (TPSA) is 95.9 Å². The maximum absolute atomic E-state index is 12.4. The Morgan fingerprint density at radius 1 is 1.00 bits per heavy atom. The molecule has 2 amide bonds. The van der Waals surface area contributed by atoms with Crippen molar-refractivity contribution in [2.24, 2.45) is 0 Å². The molecule has 2 aromatic carbocycles. The first-order valence-corrected chi connectivity index (χ1v) is 8.44. The fourth-order valence-electron chi connectivity index (χ4n) is 2.47. The molecule has 2 rings (SSSR count). The summed E-state index contributed by atoms with van der Waals surface area (Å²) in [7, 11) is 1.46. The highest BCUT2D eigenvalue weighted by atomic mass is 16.6. The second kappa shape index (κ2) is 9.96. The quantitative estimate of drug-likeness (QED) is 0.742. The van der Waals surface area contributed by atoms with E-state index in [0.717, 1.165) is 11.1 Å². The average Bonchev–Trinajstić information content (AvgIpc) is 2.69. The first-order valence-electron chi connectivity index (χ1n) is 8.44. The fourth-order valence-corrected chi connectivity index (χ4v) is 2.47. The number of carbonyl (C=O) groups is 3. The molecule has 0 saturated heterocycles. The van der Waals surface area contributed by atoms with Crippen LogP contribution in [0.5, 0.6) is 0 Å². The van der Waals surface area contributed by atoms with Gasteiger partial charge >= 0.3 is 12.1 Å². The maximum atomic E-state index is 12.4. The lowest BCUT2D eigenvalue weighted by Gasteiger charge is -2.26. The van der Waals surface area contributed by atoms with Crippen molar-refractivity contribution in [1.29, 1.82) is 0 Å². The number of benzene rings is 2. The van der Waals surface area contributed by atoms with Crippen molar-refractivity contribution in [3.05, 3.63) is 71.8 Å². The summed E-state index contributed by atoms with van der Waals surface area (Å²) in [6.07, 6.45) is -0.422. The van der Waals surface area contributed by atoms with Crippen LogP contribution >= 0.6 is 0 Å². The molecule has 27 heavy (non-hydrogen) atoms. The predicted molar refractivity (Wildman–Crippen MR) is 99.0 cm³/mol. The van der Waals surface area contributed by atoms with Crippen molar-refractivity contribution in [3.63, 3.8) is 0 Å². The molecule has 2 aromatic rings. The van der Waals surface area contributed by atoms with Gasteiger partial charge in [0.25, 0.3) is 0 Å². The highest BCUT2D eigenvalue weighted by Gasteiger charge is 2.28. The number of rotatable bonds is 8. The number of likely N-dealkylation sites (N-methyl/N-ethyl adjacent to an activating group) is 1. The Morgan fingerprint density at radius 3 is 2.11 bits per heavy atom. The molecule has 0 spiro atoms. The summed E-state index contributed by atoms with van der Waals surface area (Å²) in [6, 6.07) is 17.5. The maximum Gasteiger partial charge on any atom is 0.410 e. The summed E-state index contributed by atoms with van der Waals surface area (Å²) >= 11 is 0. The van der Waals surface area contributed by atoms with Crippen molar-refractivity contribution < 1.29 is 24.2 Å². The van der Waals surface area contributed by atoms with Crippen LogP contribution in [-0.4, -0.2) is 47.6 Å². The number of amides is 2. The molecule has 0 unspecified atom stereocenters. The minimum Gasteiger partial charge on any atom is -0.480 e. The smallest absolute Gasteiger partial charge is 0.410 e. The fraction of sp³-hybridized carbons (Fsp3) is 0.250. The number of carboxylic acid groups (broad SMARTS) is 1. The molecular weight excluding hydrogens is 348 g/mol. The molecule has 0 saturated carbocycles. The van der Waals surface area contributed by atoms with Gasteiger partial charge in [-0.2, -0.15) is 0 Å². The lowest BCUT2D eigenvalue weighted by atomic mass is 10.0. The van der Waals surface area contributed by atoms with Gasteiger partial charge in [0, 0.05) is 13.5 Å². The Hall–Kier alpha value is -3.35. The molecule has 0 bridgehead atoms. The molecule has 0 aromatic heterocycles. The van der Waals surface area contributed by atoms with E-state index < -0.39 is 30.6 Å². The summed E-state index contributed by atoms with van der Waals surface area (Å²) in [5.41, 5.74) is 1.67. The first-order chi connectivity index (χ1) is 13.0. The molecule has 0 heterocycles. The van der Waals surface area contributed by atoms with Crippen LogP contribution in [-0.2, 0) is 27.4 Å². The van der Waals surface area contributed by atoms with Gasteiger partial charge in [-0.25, -0.2) is 4.79 Å². The Kier molecular flexibility index (Phi) is 7.37. The number of aliphatic carboxylic acids is 1. The van der Waals surface area contributed by atoms with Crippen LogP contribution in [0.2, 0.25) is 0 Å². The minimum atomic E-state index is -1.16. The summed E-state index contributed by atoms with van der Waals surface area (Å²) in [6.45, 7) is -0.435. The van der Waals surface area contributed by atoms with E-state index >= 15 is 0 Å². The molecule has 1 atom stereocenters. The van der Waals surface area contributed by atoms with Crippen LogP contribution in [0.1, 0.15) is 11.1 Å². The minimum absolute atomic E-state index is 0.0822. The van der Waals surface area contributed by atoms with Crippen molar-refractivity contribution in [2.45, 2.75) is 19.1 Å². The number of nitrogens with zero attached hydrogens (tertiary/aromatic N) is 1. The molecule has 0 aliphatic heterocycles. The van der Waals surface area contributed by atoms with Gasteiger partial charge in [0.1, 0.15) is 19.2 Å². The Labute approximate surface area is 157 Å². The number of hydrogen-bond donors (Lipinski definition) is 2. The predicted octanol–water partition coefficient (Wildman–Crippen LogP) is 2.07. The van der Waals surface area contributed by atoms with Crippen LogP contribution in [0.25, 0.3) is 0 Å². The molecule has 0 fully saturated rings. The van der Waals surface area contributed by atoms with E-state index in [1.807, 2.05) is 60.7 Å². The highest BCUT2D eigenvalue weighted by Crippen LogP contribution is 2.11. The van der Waals surface area contributed by atoms with Gasteiger partial charge in [-0.15, -0.1) is 0 Å². The normalized spacial score (nSPS) is 11.3. The summed E-state index contributed by atoms with van der Waals surface area (Å²) in [5, 5.41) is 11.1. The van der Waals surface area contributed by atoms with Crippen LogP contribution in [0.4, 0.5) is 4.79 Å². The van der Waals surface area contributed by atoms with Crippen LogP contribution in [0, 0.1) is 0 Å². The molecule has 0 aliphatic rings. The number of carbonyl (C=O) groups excluding carboxylic acids is 2. The van der Waals surface area contributed by atoms with Crippen molar-refractivity contribution in [2.75, 3.05) is 13.6 Å². The van der Waals surface area contributed by atoms with E-state index in [2.05, 4.69) is 5.32 Å². The molecule has 2 N–H and O–H groups in total. The van der Waals surface area contributed by atoms with E-state index in [0.29, 0.717) is 0 Å². The van der Waals surface area contributed by atoms with Gasteiger partial charge < -0.3 is 15.2 Å². The van der Waals surface area contributed by atoms with Gasteiger partial charge in [-0.05, 0) is 11.1 Å². The second-order valence-electron chi connectivity index (χ2n) is 5.97. The largest absolute Gasteiger partial charge is 0.480 e. The van der Waals surface area contributed by atoms with Crippen LogP contribution in [0.15, 0.2) is 60.7 Å². The third-order valence-electron chi connectivity index (χ3n) is 3.95. The number of carboxylic acids is 1. The lowest BCUT2D eigenvalue weighted by molar-refractivity contribution is -0.138. The molecular formula is C20H22N2O5. The van der Waals surface area contributed by atoms with Crippen molar-refractivity contribution >= 4 is 18.0 Å². The molecule has 7 nitrogen and oxygen atoms in total. The Balaban J connectivity index is 2.06. The highest BCUT2D eigenvalue weighted by molar-refractivity contribution is 5.88. The first kappa shape index (κ1) is 20.0. The standard InChI is InChI=1S/C20H22N2O5/c1-22(20(26)27-14-16-10-6-3-7-11-16)17(19(25)21-13-18(23)24)12-15-8-4-2-5-9-15/h2-11,17H,12-14H2,1H3,(H,21,25)(H,23,24)/t17-/m0/s1. The average molecular weight is 370 g/mol. The lowest BCUT2D eigenvalue weighted by Crippen LogP contribution is -2.50. The SMILES string of the molecule is CN(C(=O)OCc1ccccc1)[C@@H](Cc1ccccc1)C(=O)NCC(=O)O. The van der Waals surface area contributed by atoms with Gasteiger partial charge in [-0.3, -0.25) is 14.5 Å². The molecule has 7 heteroatoms. The van der Waals surface area contributed by atoms with Gasteiger partial charge in [0.2, 0.25) is 5.91 Å². The van der Waals surface area contributed by atoms with E-state index in [1.54, 1.807) is 0 Å². The van der Waals surface area contributed by atoms with Crippen LogP contribution in [0.3, 0.4) is 0 Å². The monoisotopic (exact) mass is 370 g/mol. The summed E-state index contributed by atoms with van der Waals surface area (Å²) in [5.74, 6) is -1.71.